The molecule has 2 rings (SSSR count). The number of aryl methyl sites for hydroxylation is 1. The van der Waals surface area contributed by atoms with Gasteiger partial charge in [0.05, 0.1) is 18.8 Å². The summed E-state index contributed by atoms with van der Waals surface area (Å²) >= 11 is 0. The Morgan fingerprint density at radius 3 is 2.73 bits per heavy atom. The van der Waals surface area contributed by atoms with Gasteiger partial charge in [-0.05, 0) is 30.7 Å². The smallest absolute Gasteiger partial charge is 0.338 e. The van der Waals surface area contributed by atoms with Gasteiger partial charge in [-0.1, -0.05) is 0 Å². The third-order valence-electron chi connectivity index (χ3n) is 2.22. The lowest BCUT2D eigenvalue weighted by Crippen LogP contribution is -2.37. The van der Waals surface area contributed by atoms with Crippen molar-refractivity contribution in [3.63, 3.8) is 0 Å². The Balaban J connectivity index is 2.10. The van der Waals surface area contributed by atoms with E-state index in [9.17, 15) is 4.79 Å². The highest BCUT2D eigenvalue weighted by Crippen LogP contribution is 2.14. The number of anilines is 1. The van der Waals surface area contributed by atoms with Crippen molar-refractivity contribution in [3.05, 3.63) is 29.3 Å². The van der Waals surface area contributed by atoms with Crippen LogP contribution in [-0.4, -0.2) is 25.3 Å². The van der Waals surface area contributed by atoms with Gasteiger partial charge in [0.15, 0.2) is 0 Å². The molecule has 0 radical (unpaired) electrons. The molecule has 1 aliphatic rings. The van der Waals surface area contributed by atoms with Crippen LogP contribution in [0.15, 0.2) is 18.2 Å². The monoisotopic (exact) mass is 207 g/mol. The summed E-state index contributed by atoms with van der Waals surface area (Å²) in [5, 5.41) is 0. The SMILES string of the molecule is Cc1cc(N)cc(C(=O)OC2COC2)c1. The van der Waals surface area contributed by atoms with E-state index < -0.39 is 0 Å². The summed E-state index contributed by atoms with van der Waals surface area (Å²) in [6.45, 7) is 2.87. The molecule has 1 fully saturated rings. The first kappa shape index (κ1) is 9.98. The van der Waals surface area contributed by atoms with Crippen LogP contribution in [-0.2, 0) is 9.47 Å². The molecule has 0 aromatic heterocycles. The number of esters is 1. The molecule has 0 amide bonds. The fourth-order valence-electron chi connectivity index (χ4n) is 1.43. The first-order valence-corrected chi connectivity index (χ1v) is 4.81. The van der Waals surface area contributed by atoms with E-state index in [0.717, 1.165) is 5.56 Å². The molecule has 4 nitrogen and oxygen atoms in total. The van der Waals surface area contributed by atoms with Gasteiger partial charge in [-0.15, -0.1) is 0 Å². The van der Waals surface area contributed by atoms with Crippen LogP contribution < -0.4 is 5.73 Å². The van der Waals surface area contributed by atoms with E-state index in [4.69, 9.17) is 15.2 Å². The minimum atomic E-state index is -0.335. The Morgan fingerprint density at radius 1 is 1.47 bits per heavy atom. The summed E-state index contributed by atoms with van der Waals surface area (Å²) in [4.78, 5) is 11.6. The largest absolute Gasteiger partial charge is 0.454 e. The number of nitrogens with two attached hydrogens (primary N) is 1. The summed E-state index contributed by atoms with van der Waals surface area (Å²) in [7, 11) is 0. The van der Waals surface area contributed by atoms with Crippen molar-refractivity contribution in [1.82, 2.24) is 0 Å². The maximum Gasteiger partial charge on any atom is 0.338 e. The van der Waals surface area contributed by atoms with Crippen LogP contribution in [0.1, 0.15) is 15.9 Å². The Hall–Kier alpha value is -1.55. The molecular formula is C11H13NO3. The van der Waals surface area contributed by atoms with Crippen molar-refractivity contribution >= 4 is 11.7 Å². The number of ether oxygens (including phenoxy) is 2. The van der Waals surface area contributed by atoms with Crippen molar-refractivity contribution in [2.75, 3.05) is 18.9 Å². The molecule has 0 aliphatic carbocycles. The molecule has 1 heterocycles. The van der Waals surface area contributed by atoms with Gasteiger partial charge >= 0.3 is 5.97 Å². The Morgan fingerprint density at radius 2 is 2.20 bits per heavy atom. The van der Waals surface area contributed by atoms with Crippen molar-refractivity contribution in [2.24, 2.45) is 0 Å². The lowest BCUT2D eigenvalue weighted by atomic mass is 10.1. The zero-order chi connectivity index (χ0) is 10.8. The van der Waals surface area contributed by atoms with Gasteiger partial charge in [-0.2, -0.15) is 0 Å². The number of hydrogen-bond acceptors (Lipinski definition) is 4. The maximum atomic E-state index is 11.6. The second-order valence-corrected chi connectivity index (χ2v) is 3.70. The number of carbonyl (C=O) groups excluding carboxylic acids is 1. The molecule has 2 N–H and O–H groups in total. The van der Waals surface area contributed by atoms with Gasteiger partial charge in [0.1, 0.15) is 6.10 Å². The number of benzene rings is 1. The first-order chi connectivity index (χ1) is 7.15. The molecule has 1 aromatic carbocycles. The Kier molecular flexibility index (Phi) is 2.60. The van der Waals surface area contributed by atoms with Crippen LogP contribution in [0.4, 0.5) is 5.69 Å². The highest BCUT2D eigenvalue weighted by molar-refractivity contribution is 5.90. The Bertz CT molecular complexity index is 365. The minimum absolute atomic E-state index is 0.0979. The molecule has 1 aromatic rings. The second-order valence-electron chi connectivity index (χ2n) is 3.70. The van der Waals surface area contributed by atoms with Crippen molar-refractivity contribution in [2.45, 2.75) is 13.0 Å². The van der Waals surface area contributed by atoms with Crippen molar-refractivity contribution in [1.29, 1.82) is 0 Å². The lowest BCUT2D eigenvalue weighted by molar-refractivity contribution is -0.103. The van der Waals surface area contributed by atoms with E-state index in [1.807, 2.05) is 13.0 Å². The molecule has 0 bridgehead atoms. The highest BCUT2D eigenvalue weighted by Gasteiger charge is 2.23. The fraction of sp³-hybridized carbons (Fsp3) is 0.364. The predicted octanol–water partition coefficient (Wildman–Crippen LogP) is 1.13. The van der Waals surface area contributed by atoms with Crippen LogP contribution in [0.3, 0.4) is 0 Å². The summed E-state index contributed by atoms with van der Waals surface area (Å²) in [6, 6.07) is 5.19. The third kappa shape index (κ3) is 2.27. The zero-order valence-electron chi connectivity index (χ0n) is 8.53. The van der Waals surface area contributed by atoms with Crippen LogP contribution in [0, 0.1) is 6.92 Å². The predicted molar refractivity (Wildman–Crippen MR) is 55.6 cm³/mol. The van der Waals surface area contributed by atoms with E-state index in [1.165, 1.54) is 0 Å². The van der Waals surface area contributed by atoms with E-state index >= 15 is 0 Å². The van der Waals surface area contributed by atoms with Crippen molar-refractivity contribution in [3.8, 4) is 0 Å². The van der Waals surface area contributed by atoms with E-state index in [0.29, 0.717) is 24.5 Å². The molecule has 15 heavy (non-hydrogen) atoms. The highest BCUT2D eigenvalue weighted by atomic mass is 16.6. The van der Waals surface area contributed by atoms with Crippen LogP contribution >= 0.6 is 0 Å². The summed E-state index contributed by atoms with van der Waals surface area (Å²) < 4.78 is 10.1. The minimum Gasteiger partial charge on any atom is -0.454 e. The topological polar surface area (TPSA) is 61.6 Å². The quantitative estimate of drug-likeness (QED) is 0.583. The molecule has 4 heteroatoms. The van der Waals surface area contributed by atoms with Gasteiger partial charge in [0.2, 0.25) is 0 Å². The van der Waals surface area contributed by atoms with Crippen molar-refractivity contribution < 1.29 is 14.3 Å². The average Bonchev–Trinajstić information content (AvgIpc) is 2.09. The average molecular weight is 207 g/mol. The summed E-state index contributed by atoms with van der Waals surface area (Å²) in [5.41, 5.74) is 7.67. The summed E-state index contributed by atoms with van der Waals surface area (Å²) in [6.07, 6.45) is -0.0979. The fourth-order valence-corrected chi connectivity index (χ4v) is 1.43. The lowest BCUT2D eigenvalue weighted by Gasteiger charge is -2.25. The molecule has 0 spiro atoms. The van der Waals surface area contributed by atoms with E-state index in [1.54, 1.807) is 12.1 Å². The first-order valence-electron chi connectivity index (χ1n) is 4.81. The van der Waals surface area contributed by atoms with E-state index in [-0.39, 0.29) is 12.1 Å². The summed E-state index contributed by atoms with van der Waals surface area (Å²) in [5.74, 6) is -0.335. The van der Waals surface area contributed by atoms with Crippen LogP contribution in [0.25, 0.3) is 0 Å². The molecular weight excluding hydrogens is 194 g/mol. The number of carbonyl (C=O) groups is 1. The molecule has 0 unspecified atom stereocenters. The molecule has 0 saturated carbocycles. The van der Waals surface area contributed by atoms with Crippen LogP contribution in [0.5, 0.6) is 0 Å². The van der Waals surface area contributed by atoms with Gasteiger partial charge in [-0.3, -0.25) is 0 Å². The van der Waals surface area contributed by atoms with Gasteiger partial charge in [0.25, 0.3) is 0 Å². The number of rotatable bonds is 2. The van der Waals surface area contributed by atoms with Gasteiger partial charge < -0.3 is 15.2 Å². The van der Waals surface area contributed by atoms with Gasteiger partial charge in [0, 0.05) is 5.69 Å². The number of nitrogen functional groups attached to an aromatic ring is 1. The molecule has 1 aliphatic heterocycles. The standard InChI is InChI=1S/C11H13NO3/c1-7-2-8(4-9(12)3-7)11(13)15-10-5-14-6-10/h2-4,10H,5-6,12H2,1H3. The van der Waals surface area contributed by atoms with Gasteiger partial charge in [-0.25, -0.2) is 4.79 Å². The normalized spacial score (nSPS) is 15.8. The second kappa shape index (κ2) is 3.90. The maximum absolute atomic E-state index is 11.6. The molecule has 1 saturated heterocycles. The zero-order valence-corrected chi connectivity index (χ0v) is 8.53. The van der Waals surface area contributed by atoms with Crippen LogP contribution in [0.2, 0.25) is 0 Å². The van der Waals surface area contributed by atoms with E-state index in [2.05, 4.69) is 0 Å². The Labute approximate surface area is 88.0 Å². The number of hydrogen-bond donors (Lipinski definition) is 1. The molecule has 80 valence electrons. The third-order valence-corrected chi connectivity index (χ3v) is 2.22. The molecule has 0 atom stereocenters.